The Morgan fingerprint density at radius 2 is 2.20 bits per heavy atom. The number of carboxylic acid groups (broad SMARTS) is 1. The third kappa shape index (κ3) is 3.26. The average Bonchev–Trinajstić information content (AvgIpc) is 2.41. The lowest BCUT2D eigenvalue weighted by Crippen LogP contribution is -2.51. The molecule has 0 aliphatic carbocycles. The van der Waals surface area contributed by atoms with Crippen LogP contribution in [0.15, 0.2) is 18.3 Å². The zero-order valence-corrected chi connectivity index (χ0v) is 11.7. The van der Waals surface area contributed by atoms with Gasteiger partial charge in [-0.15, -0.1) is 0 Å². The van der Waals surface area contributed by atoms with E-state index in [1.54, 1.807) is 18.3 Å². The van der Waals surface area contributed by atoms with E-state index < -0.39 is 12.0 Å². The van der Waals surface area contributed by atoms with E-state index in [4.69, 9.17) is 0 Å². The first-order valence-corrected chi connectivity index (χ1v) is 6.70. The first kappa shape index (κ1) is 14.3. The molecule has 0 radical (unpaired) electrons. The molecule has 108 valence electrons. The van der Waals surface area contributed by atoms with Gasteiger partial charge in [-0.25, -0.2) is 9.59 Å². The molecule has 0 saturated carbocycles. The molecule has 6 nitrogen and oxygen atoms in total. The number of aromatic nitrogens is 1. The van der Waals surface area contributed by atoms with Gasteiger partial charge in [0.05, 0.1) is 11.9 Å². The molecule has 2 heterocycles. The molecular formula is C14H19N3O3. The van der Waals surface area contributed by atoms with Crippen LogP contribution in [-0.2, 0) is 4.79 Å². The SMILES string of the molecule is Cc1ccc(NC(=O)N2CCC(C)CC2C(=O)O)cn1. The van der Waals surface area contributed by atoms with Crippen LogP contribution in [0.2, 0.25) is 0 Å². The summed E-state index contributed by atoms with van der Waals surface area (Å²) in [7, 11) is 0. The summed E-state index contributed by atoms with van der Waals surface area (Å²) in [6.07, 6.45) is 2.88. The molecule has 6 heteroatoms. The molecule has 0 spiro atoms. The first-order valence-electron chi connectivity index (χ1n) is 6.70. The Bertz CT molecular complexity index is 501. The van der Waals surface area contributed by atoms with E-state index in [0.29, 0.717) is 24.6 Å². The molecule has 20 heavy (non-hydrogen) atoms. The molecule has 1 aliphatic rings. The third-order valence-electron chi connectivity index (χ3n) is 3.57. The molecular weight excluding hydrogens is 258 g/mol. The summed E-state index contributed by atoms with van der Waals surface area (Å²) in [4.78, 5) is 29.0. The number of anilines is 1. The van der Waals surface area contributed by atoms with Crippen molar-refractivity contribution in [2.45, 2.75) is 32.7 Å². The van der Waals surface area contributed by atoms with Crippen molar-refractivity contribution in [1.29, 1.82) is 0 Å². The number of carbonyl (C=O) groups is 2. The van der Waals surface area contributed by atoms with Gasteiger partial charge >= 0.3 is 12.0 Å². The number of pyridine rings is 1. The monoisotopic (exact) mass is 277 g/mol. The van der Waals surface area contributed by atoms with Crippen LogP contribution in [-0.4, -0.2) is 39.6 Å². The van der Waals surface area contributed by atoms with Crippen LogP contribution >= 0.6 is 0 Å². The van der Waals surface area contributed by atoms with Crippen molar-refractivity contribution in [2.75, 3.05) is 11.9 Å². The second kappa shape index (κ2) is 5.90. The number of carboxylic acids is 1. The van der Waals surface area contributed by atoms with E-state index in [0.717, 1.165) is 12.1 Å². The molecule has 1 aromatic heterocycles. The van der Waals surface area contributed by atoms with Gasteiger partial charge in [0.1, 0.15) is 6.04 Å². The Labute approximate surface area is 117 Å². The molecule has 1 aliphatic heterocycles. The Kier molecular flexibility index (Phi) is 4.22. The van der Waals surface area contributed by atoms with Crippen LogP contribution in [0, 0.1) is 12.8 Å². The van der Waals surface area contributed by atoms with Crippen molar-refractivity contribution in [1.82, 2.24) is 9.88 Å². The van der Waals surface area contributed by atoms with Crippen molar-refractivity contribution in [3.8, 4) is 0 Å². The number of urea groups is 1. The number of aryl methyl sites for hydroxylation is 1. The molecule has 1 fully saturated rings. The van der Waals surface area contributed by atoms with Gasteiger partial charge in [0.25, 0.3) is 0 Å². The van der Waals surface area contributed by atoms with Gasteiger partial charge in [-0.05, 0) is 37.8 Å². The maximum atomic E-state index is 12.2. The summed E-state index contributed by atoms with van der Waals surface area (Å²) in [5.41, 5.74) is 1.43. The number of amides is 2. The summed E-state index contributed by atoms with van der Waals surface area (Å²) >= 11 is 0. The van der Waals surface area contributed by atoms with Gasteiger partial charge in [0.2, 0.25) is 0 Å². The number of rotatable bonds is 2. The molecule has 2 amide bonds. The summed E-state index contributed by atoms with van der Waals surface area (Å²) in [5, 5.41) is 11.9. The lowest BCUT2D eigenvalue weighted by Gasteiger charge is -2.35. The standard InChI is InChI=1S/C14H19N3O3/c1-9-5-6-17(12(7-9)13(18)19)14(20)16-11-4-3-10(2)15-8-11/h3-4,8-9,12H,5-7H2,1-2H3,(H,16,20)(H,18,19). The molecule has 2 rings (SSSR count). The predicted molar refractivity (Wildman–Crippen MR) is 74.5 cm³/mol. The zero-order valence-electron chi connectivity index (χ0n) is 11.7. The number of nitrogens with zero attached hydrogens (tertiary/aromatic N) is 2. The van der Waals surface area contributed by atoms with Crippen molar-refractivity contribution in [2.24, 2.45) is 5.92 Å². The van der Waals surface area contributed by atoms with Gasteiger partial charge in [-0.3, -0.25) is 4.98 Å². The summed E-state index contributed by atoms with van der Waals surface area (Å²) in [5.74, 6) is -0.630. The van der Waals surface area contributed by atoms with Gasteiger partial charge in [0.15, 0.2) is 0 Å². The quantitative estimate of drug-likeness (QED) is 0.867. The molecule has 2 unspecified atom stereocenters. The van der Waals surface area contributed by atoms with Crippen molar-refractivity contribution >= 4 is 17.7 Å². The van der Waals surface area contributed by atoms with E-state index in [2.05, 4.69) is 10.3 Å². The molecule has 2 atom stereocenters. The smallest absolute Gasteiger partial charge is 0.326 e. The van der Waals surface area contributed by atoms with Crippen LogP contribution in [0.5, 0.6) is 0 Å². The lowest BCUT2D eigenvalue weighted by atomic mass is 9.93. The van der Waals surface area contributed by atoms with Crippen LogP contribution < -0.4 is 5.32 Å². The second-order valence-corrected chi connectivity index (χ2v) is 5.30. The molecule has 2 N–H and O–H groups in total. The summed E-state index contributed by atoms with van der Waals surface area (Å²) in [6.45, 7) is 4.33. The minimum atomic E-state index is -0.950. The number of piperidine rings is 1. The topological polar surface area (TPSA) is 82.5 Å². The van der Waals surface area contributed by atoms with Crippen molar-refractivity contribution < 1.29 is 14.7 Å². The van der Waals surface area contributed by atoms with E-state index in [9.17, 15) is 14.7 Å². The predicted octanol–water partition coefficient (Wildman–Crippen LogP) is 2.11. The summed E-state index contributed by atoms with van der Waals surface area (Å²) < 4.78 is 0. The van der Waals surface area contributed by atoms with Gasteiger partial charge in [-0.1, -0.05) is 6.92 Å². The van der Waals surface area contributed by atoms with E-state index >= 15 is 0 Å². The van der Waals surface area contributed by atoms with Gasteiger partial charge in [-0.2, -0.15) is 0 Å². The highest BCUT2D eigenvalue weighted by Crippen LogP contribution is 2.23. The number of nitrogens with one attached hydrogen (secondary N) is 1. The normalized spacial score (nSPS) is 22.4. The zero-order chi connectivity index (χ0) is 14.7. The highest BCUT2D eigenvalue weighted by Gasteiger charge is 2.34. The van der Waals surface area contributed by atoms with Crippen LogP contribution in [0.4, 0.5) is 10.5 Å². The van der Waals surface area contributed by atoms with Crippen molar-refractivity contribution in [3.63, 3.8) is 0 Å². The second-order valence-electron chi connectivity index (χ2n) is 5.30. The molecule has 1 saturated heterocycles. The van der Waals surface area contributed by atoms with Crippen LogP contribution in [0.25, 0.3) is 0 Å². The Balaban J connectivity index is 2.06. The van der Waals surface area contributed by atoms with Crippen LogP contribution in [0.3, 0.4) is 0 Å². The maximum Gasteiger partial charge on any atom is 0.326 e. The highest BCUT2D eigenvalue weighted by atomic mass is 16.4. The number of carbonyl (C=O) groups excluding carboxylic acids is 1. The largest absolute Gasteiger partial charge is 0.480 e. The van der Waals surface area contributed by atoms with Gasteiger partial charge < -0.3 is 15.3 Å². The number of hydrogen-bond acceptors (Lipinski definition) is 3. The maximum absolute atomic E-state index is 12.2. The number of hydrogen-bond donors (Lipinski definition) is 2. The van der Waals surface area contributed by atoms with Gasteiger partial charge in [0, 0.05) is 12.2 Å². The van der Waals surface area contributed by atoms with E-state index in [1.165, 1.54) is 4.90 Å². The Morgan fingerprint density at radius 3 is 2.80 bits per heavy atom. The summed E-state index contributed by atoms with van der Waals surface area (Å²) in [6, 6.07) is 2.41. The van der Waals surface area contributed by atoms with E-state index in [-0.39, 0.29) is 6.03 Å². The highest BCUT2D eigenvalue weighted by molar-refractivity contribution is 5.92. The fourth-order valence-corrected chi connectivity index (χ4v) is 2.36. The van der Waals surface area contributed by atoms with Crippen LogP contribution in [0.1, 0.15) is 25.5 Å². The minimum Gasteiger partial charge on any atom is -0.480 e. The minimum absolute atomic E-state index is 0.321. The molecule has 0 aromatic carbocycles. The number of aliphatic carboxylic acids is 1. The Hall–Kier alpha value is -2.11. The van der Waals surface area contributed by atoms with Crippen molar-refractivity contribution in [3.05, 3.63) is 24.0 Å². The van der Waals surface area contributed by atoms with E-state index in [1.807, 2.05) is 13.8 Å². The lowest BCUT2D eigenvalue weighted by molar-refractivity contribution is -0.143. The number of likely N-dealkylation sites (tertiary alicyclic amines) is 1. The first-order chi connectivity index (χ1) is 9.47. The Morgan fingerprint density at radius 1 is 1.45 bits per heavy atom. The molecule has 0 bridgehead atoms. The molecule has 1 aromatic rings. The fourth-order valence-electron chi connectivity index (χ4n) is 2.36. The average molecular weight is 277 g/mol. The third-order valence-corrected chi connectivity index (χ3v) is 3.57. The fraction of sp³-hybridized carbons (Fsp3) is 0.500.